The molecule has 35 nitrogen and oxygen atoms in total. The van der Waals surface area contributed by atoms with Crippen molar-refractivity contribution < 1.29 is 80.2 Å². The summed E-state index contributed by atoms with van der Waals surface area (Å²) in [7, 11) is -17.0. The van der Waals surface area contributed by atoms with E-state index in [1.54, 1.807) is 30.3 Å². The molecule has 6 aliphatic rings. The molecule has 42 heteroatoms. The van der Waals surface area contributed by atoms with E-state index in [2.05, 4.69) is 111 Å². The van der Waals surface area contributed by atoms with Gasteiger partial charge in [-0.05, 0) is 291 Å². The average Bonchev–Trinajstić information content (AvgIpc) is 1.70. The zero-order chi connectivity index (χ0) is 106. The molecule has 0 radical (unpaired) electrons. The zero-order valence-corrected chi connectivity index (χ0v) is 87.7. The number of H-pyrrole nitrogens is 1. The van der Waals surface area contributed by atoms with E-state index in [9.17, 15) is 70.8 Å². The Morgan fingerprint density at radius 2 is 0.986 bits per heavy atom. The summed E-state index contributed by atoms with van der Waals surface area (Å²) in [5.41, 5.74) is 19.7. The largest absolute Gasteiger partial charge is 0.494 e. The van der Waals surface area contributed by atoms with Crippen LogP contribution in [0.5, 0.6) is 5.75 Å². The van der Waals surface area contributed by atoms with Gasteiger partial charge in [-0.3, -0.25) is 24.0 Å². The number of benzene rings is 3. The van der Waals surface area contributed by atoms with Crippen LogP contribution in [0.15, 0.2) is 184 Å². The summed E-state index contributed by atoms with van der Waals surface area (Å²) in [5, 5.41) is -0.311. The number of anilines is 6. The van der Waals surface area contributed by atoms with Gasteiger partial charge in [-0.25, -0.2) is 78.8 Å². The smallest absolute Gasteiger partial charge is 0.304 e. The van der Waals surface area contributed by atoms with Gasteiger partial charge in [-0.1, -0.05) is 52.3 Å². The van der Waals surface area contributed by atoms with Crippen LogP contribution in [0.4, 0.5) is 48.1 Å². The Hall–Kier alpha value is -12.6. The van der Waals surface area contributed by atoms with E-state index >= 15 is 0 Å². The molecule has 16 rings (SSSR count). The van der Waals surface area contributed by atoms with Crippen molar-refractivity contribution in [1.82, 2.24) is 58.1 Å². The lowest BCUT2D eigenvalue weighted by Crippen LogP contribution is -2.44. The van der Waals surface area contributed by atoms with Gasteiger partial charge >= 0.3 is 10.2 Å². The van der Waals surface area contributed by atoms with Crippen LogP contribution in [0.2, 0.25) is 0 Å². The summed E-state index contributed by atoms with van der Waals surface area (Å²) in [4.78, 5) is 102. The molecule has 8 atom stereocenters. The number of ether oxygens (including phenoxy) is 3. The monoisotopic (exact) mass is 2070 g/mol. The molecular weight excluding hydrogens is 1940 g/mol. The number of carbonyl (C=O) groups is 4. The minimum atomic E-state index is -4.44. The molecule has 0 bridgehead atoms. The highest BCUT2D eigenvalue weighted by atomic mass is 32.2. The van der Waals surface area contributed by atoms with E-state index in [0.29, 0.717) is 105 Å². The van der Waals surface area contributed by atoms with Gasteiger partial charge in [0.05, 0.1) is 65.3 Å². The number of sulfonamides is 3. The first-order chi connectivity index (χ1) is 68.2. The maximum Gasteiger partial charge on any atom is 0.304 e. The van der Waals surface area contributed by atoms with E-state index < -0.39 is 91.8 Å². The third kappa shape index (κ3) is 26.3. The second kappa shape index (κ2) is 44.8. The molecule has 0 spiro atoms. The summed E-state index contributed by atoms with van der Waals surface area (Å²) >= 11 is 0. The number of nitrogens with one attached hydrogen (secondary N) is 5. The minimum Gasteiger partial charge on any atom is -0.494 e. The Morgan fingerprint density at radius 3 is 1.48 bits per heavy atom. The van der Waals surface area contributed by atoms with Crippen molar-refractivity contribution in [2.45, 2.75) is 217 Å². The topological polar surface area (TPSA) is 485 Å². The Balaban J connectivity index is 0.000000162. The fourth-order valence-electron chi connectivity index (χ4n) is 20.4. The van der Waals surface area contributed by atoms with Crippen molar-refractivity contribution in [3.8, 4) is 39.5 Å². The average molecular weight is 2080 g/mol. The fraction of sp³-hybridized carbons (Fsp3) is 0.447. The molecule has 11 N–H and O–H groups in total. The van der Waals surface area contributed by atoms with E-state index in [0.717, 1.165) is 96.6 Å². The number of hydrogen-bond donors (Lipinski definition) is 8. The number of amides is 4. The first-order valence-corrected chi connectivity index (χ1v) is 54.3. The molecule has 5 saturated heterocycles. The molecule has 1 aliphatic carbocycles. The van der Waals surface area contributed by atoms with Crippen LogP contribution in [0, 0.1) is 54.0 Å². The van der Waals surface area contributed by atoms with E-state index in [1.165, 1.54) is 85.2 Å². The van der Waals surface area contributed by atoms with Gasteiger partial charge in [0.15, 0.2) is 9.92 Å². The Bertz CT molecular complexity index is 7010. The molecule has 3 aromatic carbocycles. The number of pyridine rings is 7. The molecule has 12 heterocycles. The molecule has 7 aromatic heterocycles. The zero-order valence-electron chi connectivity index (χ0n) is 84.4. The maximum absolute atomic E-state index is 14.6. The van der Waals surface area contributed by atoms with Crippen molar-refractivity contribution in [1.29, 1.82) is 0 Å². The number of halogens is 3. The van der Waals surface area contributed by atoms with Crippen molar-refractivity contribution in [2.75, 3.05) is 96.8 Å². The second-order valence-corrected chi connectivity index (χ2v) is 47.4. The van der Waals surface area contributed by atoms with Gasteiger partial charge < -0.3 is 56.0 Å². The lowest BCUT2D eigenvalue weighted by molar-refractivity contribution is -0.0209. The van der Waals surface area contributed by atoms with E-state index in [1.807, 2.05) is 93.3 Å². The predicted molar refractivity (Wildman–Crippen MR) is 551 cm³/mol. The summed E-state index contributed by atoms with van der Waals surface area (Å²) in [6.45, 7) is 38.3. The van der Waals surface area contributed by atoms with Crippen LogP contribution in [-0.4, -0.2) is 196 Å². The standard InChI is InChI=1S/C29H43N5O5S.C26H31N5O4S.C25H27FN4O4S.C23H29F2N5O3S/c1-6-38-12-13-39-22-15-19(2)14-21(16-22)24-11-10-23(27(31-24)34-18-20(3)17-29(34,4)5)28(35)33-40(36,37)26-9-7-8-25(30)32-26;1-5-35-19-10-8-18(9-11-19)21-13-12-20(24(29-21)31-16-17(2)15-26(31,3)4)25(32)30-36(33,34)22-7-6-14-28-23(22)27;1-15-7-9-19(26)18(12-15)20-10-8-17(22(28-20)30-14-16(2)13-25(30,3)4)23(31)29-35(33,34)21-6-5-11-27-24(21)32;1-14-11-23(2,3)30(12-14)21-18(22(31)28-34(32,33)29-9-8-16(26)13-29)6-7-20(27-21)17-5-4-15(24)10-19(17)25/h7-11,19-22H,6,12-18H2,1-5H3,(H2,30,32)(H,33,35);6-14,17H,5,15-16H2,1-4H3,(H2,27,28)(H,30,32);5-12,16H,13-14H2,1-4H3,(H,27,32)(H,29,31);4-7,10,14,16H,8-9,11-13,26H2,1-3H3,(H,28,31)/t19?,20-,21?,22?;17-;16-;14-,16-/m0000/s1. The number of nitrogen functional groups attached to an aromatic ring is 2. The first-order valence-electron chi connectivity index (χ1n) is 48.4. The molecular formula is C103H130F3N19O16S4. The number of nitrogens with two attached hydrogens (primary N) is 3. The van der Waals surface area contributed by atoms with Crippen LogP contribution in [-0.2, 0) is 49.8 Å². The predicted octanol–water partition coefficient (Wildman–Crippen LogP) is 14.3. The summed E-state index contributed by atoms with van der Waals surface area (Å²) < 4.78 is 172. The van der Waals surface area contributed by atoms with E-state index in [-0.39, 0.29) is 126 Å². The van der Waals surface area contributed by atoms with Gasteiger partial charge in [-0.15, -0.1) is 0 Å². The third-order valence-corrected chi connectivity index (χ3v) is 32.0. The minimum absolute atomic E-state index is 0.0138. The normalized spacial score (nSPS) is 20.6. The number of hydrogen-bond acceptors (Lipinski definition) is 29. The van der Waals surface area contributed by atoms with Gasteiger partial charge in [0.25, 0.3) is 59.3 Å². The Labute approximate surface area is 846 Å². The van der Waals surface area contributed by atoms with Crippen molar-refractivity contribution in [3.05, 3.63) is 225 Å². The number of carbonyl (C=O) groups excluding carboxylic acids is 4. The van der Waals surface area contributed by atoms with E-state index in [4.69, 9.17) is 41.4 Å². The molecule has 5 aliphatic heterocycles. The van der Waals surface area contributed by atoms with Crippen LogP contribution >= 0.6 is 0 Å². The van der Waals surface area contributed by atoms with Crippen molar-refractivity contribution in [3.63, 3.8) is 0 Å². The Morgan fingerprint density at radius 1 is 0.490 bits per heavy atom. The summed E-state index contributed by atoms with van der Waals surface area (Å²) in [6.07, 6.45) is 9.60. The van der Waals surface area contributed by atoms with Crippen LogP contribution in [0.3, 0.4) is 0 Å². The van der Waals surface area contributed by atoms with Crippen molar-refractivity contribution >= 4 is 98.8 Å². The Kier molecular flexibility index (Phi) is 33.9. The fourth-order valence-corrected chi connectivity index (χ4v) is 24.6. The number of aromatic nitrogens is 7. The van der Waals surface area contributed by atoms with Gasteiger partial charge in [0.2, 0.25) is 0 Å². The van der Waals surface area contributed by atoms with Gasteiger partial charge in [0, 0.05) is 121 Å². The molecule has 1 saturated carbocycles. The van der Waals surface area contributed by atoms with Gasteiger partial charge in [-0.2, -0.15) is 21.1 Å². The molecule has 10 aromatic rings. The molecule has 6 fully saturated rings. The molecule has 778 valence electrons. The molecule has 3 unspecified atom stereocenters. The first kappa shape index (κ1) is 110. The van der Waals surface area contributed by atoms with Crippen LogP contribution in [0.25, 0.3) is 33.8 Å². The highest BCUT2D eigenvalue weighted by Crippen LogP contribution is 2.46. The highest BCUT2D eigenvalue weighted by molar-refractivity contribution is 7.90. The molecule has 4 amide bonds. The number of nitrogens with zero attached hydrogens (tertiary/aromatic N) is 11. The summed E-state index contributed by atoms with van der Waals surface area (Å²) in [6, 6.07) is 37.3. The van der Waals surface area contributed by atoms with Crippen LogP contribution in [0.1, 0.15) is 214 Å². The summed E-state index contributed by atoms with van der Waals surface area (Å²) in [5.74, 6) is -1.15. The highest BCUT2D eigenvalue weighted by Gasteiger charge is 2.46. The quantitative estimate of drug-likeness (QED) is 0.0222. The van der Waals surface area contributed by atoms with Crippen molar-refractivity contribution in [2.24, 2.45) is 35.3 Å². The lowest BCUT2D eigenvalue weighted by atomic mass is 9.79. The number of rotatable bonds is 27. The maximum atomic E-state index is 14.6. The SMILES string of the molecule is CCOCCOC1CC(C)CC(c2ccc(C(=O)NS(=O)(=O)c3cccc(N)n3)c(N3C[C@@H](C)CC3(C)C)n2)C1.CCOc1ccc(-c2ccc(C(=O)NS(=O)(=O)c3cccnc3N)c(N3C[C@@H](C)CC3(C)C)n2)cc1.C[C@@H]1CN(c2nc(-c3ccc(F)cc3F)ccc2C(=O)NS(=O)(=O)N2CC[C@H](N)C2)C(C)(C)C1.Cc1ccc(F)c(-c2ccc(C(=O)NS(=O)(=O)c3ccc[nH]c3=O)c(N3C[C@@H](C)CC3(C)C)n2)c1. The second-order valence-electron chi connectivity index (χ2n) is 40.8. The third-order valence-electron chi connectivity index (χ3n) is 26.6. The van der Waals surface area contributed by atoms with Gasteiger partial charge in [0.1, 0.15) is 63.0 Å². The number of aryl methyl sites for hydroxylation is 1. The number of aromatic amines is 1. The lowest BCUT2D eigenvalue weighted by Gasteiger charge is -2.36. The van der Waals surface area contributed by atoms with Crippen LogP contribution < -0.4 is 66.0 Å². The molecule has 145 heavy (non-hydrogen) atoms.